The summed E-state index contributed by atoms with van der Waals surface area (Å²) in [5.41, 5.74) is 4.05. The summed E-state index contributed by atoms with van der Waals surface area (Å²) in [7, 11) is 3.37. The van der Waals surface area contributed by atoms with E-state index in [2.05, 4.69) is 24.3 Å². The van der Waals surface area contributed by atoms with Gasteiger partial charge in [-0.15, -0.1) is 0 Å². The summed E-state index contributed by atoms with van der Waals surface area (Å²) in [5, 5.41) is 0.791. The van der Waals surface area contributed by atoms with Crippen molar-refractivity contribution >= 4 is 11.6 Å². The van der Waals surface area contributed by atoms with Crippen LogP contribution in [0.25, 0.3) is 0 Å². The SMILES string of the molecule is COc1cc2c(cc1OC)C[NH+](Cc1ccc(Cl)cc1)CC2. The molecule has 0 amide bonds. The van der Waals surface area contributed by atoms with Crippen molar-refractivity contribution in [2.24, 2.45) is 0 Å². The van der Waals surface area contributed by atoms with Gasteiger partial charge in [0.2, 0.25) is 0 Å². The number of quaternary nitrogens is 1. The number of rotatable bonds is 4. The molecule has 4 heteroatoms. The Balaban J connectivity index is 1.76. The minimum Gasteiger partial charge on any atom is -0.493 e. The molecule has 0 aliphatic carbocycles. The molecular formula is C18H21ClNO2+. The molecule has 1 aliphatic heterocycles. The van der Waals surface area contributed by atoms with Gasteiger partial charge >= 0.3 is 0 Å². The van der Waals surface area contributed by atoms with Crippen LogP contribution in [0, 0.1) is 0 Å². The Bertz CT molecular complexity index is 655. The number of ether oxygens (including phenoxy) is 2. The van der Waals surface area contributed by atoms with Crippen LogP contribution in [-0.2, 0) is 19.5 Å². The van der Waals surface area contributed by atoms with E-state index in [1.54, 1.807) is 19.1 Å². The van der Waals surface area contributed by atoms with E-state index < -0.39 is 0 Å². The average molecular weight is 319 g/mol. The van der Waals surface area contributed by atoms with Gasteiger partial charge in [0, 0.05) is 22.6 Å². The number of hydrogen-bond donors (Lipinski definition) is 1. The Kier molecular flexibility index (Phi) is 4.55. The van der Waals surface area contributed by atoms with E-state index in [0.29, 0.717) is 0 Å². The molecule has 1 heterocycles. The van der Waals surface area contributed by atoms with Crippen LogP contribution in [0.1, 0.15) is 16.7 Å². The van der Waals surface area contributed by atoms with Crippen molar-refractivity contribution in [3.63, 3.8) is 0 Å². The van der Waals surface area contributed by atoms with E-state index in [1.807, 2.05) is 12.1 Å². The number of halogens is 1. The highest BCUT2D eigenvalue weighted by atomic mass is 35.5. The van der Waals surface area contributed by atoms with Crippen molar-refractivity contribution in [3.05, 3.63) is 58.1 Å². The number of fused-ring (bicyclic) bond motifs is 1. The molecule has 0 fully saturated rings. The first-order chi connectivity index (χ1) is 10.7. The van der Waals surface area contributed by atoms with Crippen LogP contribution in [0.2, 0.25) is 5.02 Å². The van der Waals surface area contributed by atoms with Crippen LogP contribution in [-0.4, -0.2) is 20.8 Å². The Hall–Kier alpha value is -1.71. The fraction of sp³-hybridized carbons (Fsp3) is 0.333. The first-order valence-electron chi connectivity index (χ1n) is 7.51. The molecule has 1 unspecified atom stereocenters. The summed E-state index contributed by atoms with van der Waals surface area (Å²) in [4.78, 5) is 1.56. The van der Waals surface area contributed by atoms with Crippen molar-refractivity contribution in [3.8, 4) is 11.5 Å². The molecule has 0 spiro atoms. The molecule has 2 aromatic rings. The van der Waals surface area contributed by atoms with E-state index >= 15 is 0 Å². The average Bonchev–Trinajstić information content (AvgIpc) is 2.55. The van der Waals surface area contributed by atoms with Gasteiger partial charge in [0.15, 0.2) is 11.5 Å². The van der Waals surface area contributed by atoms with Crippen molar-refractivity contribution in [2.75, 3.05) is 20.8 Å². The third-order valence-corrected chi connectivity index (χ3v) is 4.51. The van der Waals surface area contributed by atoms with Gasteiger partial charge in [-0.2, -0.15) is 0 Å². The summed E-state index contributed by atoms with van der Waals surface area (Å²) < 4.78 is 10.8. The topological polar surface area (TPSA) is 22.9 Å². The maximum Gasteiger partial charge on any atom is 0.161 e. The predicted molar refractivity (Wildman–Crippen MR) is 87.9 cm³/mol. The predicted octanol–water partition coefficient (Wildman–Crippen LogP) is 2.50. The van der Waals surface area contributed by atoms with E-state index in [1.165, 1.54) is 16.7 Å². The summed E-state index contributed by atoms with van der Waals surface area (Å²) >= 11 is 5.95. The largest absolute Gasteiger partial charge is 0.493 e. The molecule has 0 bridgehead atoms. The minimum atomic E-state index is 0.791. The second-order valence-corrected chi connectivity index (χ2v) is 6.14. The number of benzene rings is 2. The van der Waals surface area contributed by atoms with Crippen LogP contribution in [0.4, 0.5) is 0 Å². The molecular weight excluding hydrogens is 298 g/mol. The fourth-order valence-corrected chi connectivity index (χ4v) is 3.20. The molecule has 1 aliphatic rings. The number of hydrogen-bond acceptors (Lipinski definition) is 2. The third kappa shape index (κ3) is 3.21. The quantitative estimate of drug-likeness (QED) is 0.936. The van der Waals surface area contributed by atoms with E-state index in [4.69, 9.17) is 21.1 Å². The molecule has 116 valence electrons. The van der Waals surface area contributed by atoms with Crippen LogP contribution < -0.4 is 14.4 Å². The molecule has 0 aromatic heterocycles. The Morgan fingerprint density at radius 1 is 1.00 bits per heavy atom. The molecule has 0 saturated heterocycles. The van der Waals surface area contributed by atoms with Crippen LogP contribution >= 0.6 is 11.6 Å². The van der Waals surface area contributed by atoms with Crippen molar-refractivity contribution in [1.82, 2.24) is 0 Å². The smallest absolute Gasteiger partial charge is 0.161 e. The second-order valence-electron chi connectivity index (χ2n) is 5.71. The normalized spacial score (nSPS) is 17.0. The lowest BCUT2D eigenvalue weighted by Gasteiger charge is -2.27. The zero-order chi connectivity index (χ0) is 15.5. The van der Waals surface area contributed by atoms with Crippen molar-refractivity contribution < 1.29 is 14.4 Å². The summed E-state index contributed by atoms with van der Waals surface area (Å²) in [6.45, 7) is 3.16. The monoisotopic (exact) mass is 318 g/mol. The summed E-state index contributed by atoms with van der Waals surface area (Å²) in [6, 6.07) is 12.4. The lowest BCUT2D eigenvalue weighted by molar-refractivity contribution is -0.929. The Morgan fingerprint density at radius 2 is 1.64 bits per heavy atom. The van der Waals surface area contributed by atoms with E-state index in [0.717, 1.165) is 42.6 Å². The highest BCUT2D eigenvalue weighted by Crippen LogP contribution is 2.31. The van der Waals surface area contributed by atoms with Gasteiger partial charge < -0.3 is 14.4 Å². The van der Waals surface area contributed by atoms with E-state index in [-0.39, 0.29) is 0 Å². The Labute approximate surface area is 136 Å². The van der Waals surface area contributed by atoms with Gasteiger partial charge in [0.25, 0.3) is 0 Å². The molecule has 1 N–H and O–H groups in total. The minimum absolute atomic E-state index is 0.791. The molecule has 3 nitrogen and oxygen atoms in total. The second kappa shape index (κ2) is 6.59. The molecule has 2 aromatic carbocycles. The van der Waals surface area contributed by atoms with Gasteiger partial charge in [0.05, 0.1) is 20.8 Å². The molecule has 0 saturated carbocycles. The van der Waals surface area contributed by atoms with E-state index in [9.17, 15) is 0 Å². The summed E-state index contributed by atoms with van der Waals surface area (Å²) in [6.07, 6.45) is 1.07. The van der Waals surface area contributed by atoms with Gasteiger partial charge in [-0.25, -0.2) is 0 Å². The third-order valence-electron chi connectivity index (χ3n) is 4.26. The molecule has 3 rings (SSSR count). The first kappa shape index (κ1) is 15.2. The lowest BCUT2D eigenvalue weighted by atomic mass is 9.98. The van der Waals surface area contributed by atoms with Crippen molar-refractivity contribution in [1.29, 1.82) is 0 Å². The zero-order valence-electron chi connectivity index (χ0n) is 13.0. The highest BCUT2D eigenvalue weighted by molar-refractivity contribution is 6.30. The molecule has 1 atom stereocenters. The van der Waals surface area contributed by atoms with Gasteiger partial charge in [-0.1, -0.05) is 23.7 Å². The standard InChI is InChI=1S/C18H20ClNO2/c1-21-17-9-14-7-8-20(12-15(14)10-18(17)22-2)11-13-3-5-16(19)6-4-13/h3-6,9-10H,7-8,11-12H2,1-2H3/p+1. The van der Waals surface area contributed by atoms with Gasteiger partial charge in [-0.3, -0.25) is 0 Å². The number of nitrogens with one attached hydrogen (secondary N) is 1. The maximum atomic E-state index is 5.95. The molecule has 22 heavy (non-hydrogen) atoms. The lowest BCUT2D eigenvalue weighted by Crippen LogP contribution is -3.10. The Morgan fingerprint density at radius 3 is 2.27 bits per heavy atom. The fourth-order valence-electron chi connectivity index (χ4n) is 3.07. The zero-order valence-corrected chi connectivity index (χ0v) is 13.7. The maximum absolute atomic E-state index is 5.95. The highest BCUT2D eigenvalue weighted by Gasteiger charge is 2.22. The van der Waals surface area contributed by atoms with Crippen LogP contribution in [0.15, 0.2) is 36.4 Å². The van der Waals surface area contributed by atoms with Crippen LogP contribution in [0.3, 0.4) is 0 Å². The molecule has 0 radical (unpaired) electrons. The van der Waals surface area contributed by atoms with Gasteiger partial charge in [0.1, 0.15) is 13.1 Å². The first-order valence-corrected chi connectivity index (χ1v) is 7.89. The number of methoxy groups -OCH3 is 2. The van der Waals surface area contributed by atoms with Crippen molar-refractivity contribution in [2.45, 2.75) is 19.5 Å². The van der Waals surface area contributed by atoms with Gasteiger partial charge in [-0.05, 0) is 29.8 Å². The summed E-state index contributed by atoms with van der Waals surface area (Å²) in [5.74, 6) is 1.64. The van der Waals surface area contributed by atoms with Crippen LogP contribution in [0.5, 0.6) is 11.5 Å².